The Kier molecular flexibility index (Phi) is 3.34. The fraction of sp³-hybridized carbons (Fsp3) is 0.200. The Morgan fingerprint density at radius 1 is 1.21 bits per heavy atom. The van der Waals surface area contributed by atoms with Crippen molar-refractivity contribution in [2.24, 2.45) is 0 Å². The number of anilines is 3. The molecule has 4 heteroatoms. The number of hydrogen-bond donors (Lipinski definition) is 1. The van der Waals surface area contributed by atoms with Crippen molar-refractivity contribution in [3.8, 4) is 5.75 Å². The molecule has 0 atom stereocenters. The molecule has 1 N–H and O–H groups in total. The molecule has 2 aromatic carbocycles. The fourth-order valence-electron chi connectivity index (χ4n) is 2.35. The van der Waals surface area contributed by atoms with Crippen LogP contribution in [-0.2, 0) is 0 Å². The van der Waals surface area contributed by atoms with Crippen molar-refractivity contribution in [2.75, 3.05) is 30.4 Å². The molecule has 98 valence electrons. The minimum Gasteiger partial charge on any atom is -0.497 e. The van der Waals surface area contributed by atoms with Gasteiger partial charge in [-0.25, -0.2) is 0 Å². The van der Waals surface area contributed by atoms with Gasteiger partial charge in [-0.1, -0.05) is 22.0 Å². The van der Waals surface area contributed by atoms with E-state index in [9.17, 15) is 0 Å². The second kappa shape index (κ2) is 5.13. The Bertz CT molecular complexity index is 600. The summed E-state index contributed by atoms with van der Waals surface area (Å²) in [6, 6.07) is 14.5. The number of rotatable bonds is 2. The van der Waals surface area contributed by atoms with E-state index in [0.717, 1.165) is 34.7 Å². The molecule has 1 aliphatic rings. The minimum absolute atomic E-state index is 0.884. The van der Waals surface area contributed by atoms with Crippen LogP contribution in [0.2, 0.25) is 0 Å². The van der Waals surface area contributed by atoms with Crippen molar-refractivity contribution in [3.63, 3.8) is 0 Å². The van der Waals surface area contributed by atoms with E-state index in [2.05, 4.69) is 56.5 Å². The second-order valence-corrected chi connectivity index (χ2v) is 5.36. The molecule has 2 aromatic rings. The van der Waals surface area contributed by atoms with E-state index in [1.165, 1.54) is 5.69 Å². The van der Waals surface area contributed by atoms with Crippen LogP contribution in [0.5, 0.6) is 5.75 Å². The summed E-state index contributed by atoms with van der Waals surface area (Å²) in [4.78, 5) is 2.31. The second-order valence-electron chi connectivity index (χ2n) is 4.44. The van der Waals surface area contributed by atoms with E-state index >= 15 is 0 Å². The zero-order valence-corrected chi connectivity index (χ0v) is 12.3. The zero-order chi connectivity index (χ0) is 13.2. The van der Waals surface area contributed by atoms with Crippen LogP contribution in [0.1, 0.15) is 0 Å². The molecule has 1 heterocycles. The number of ether oxygens (including phenoxy) is 1. The van der Waals surface area contributed by atoms with Gasteiger partial charge in [0.05, 0.1) is 18.5 Å². The van der Waals surface area contributed by atoms with Gasteiger partial charge in [0, 0.05) is 29.3 Å². The van der Waals surface area contributed by atoms with Crippen LogP contribution in [0.15, 0.2) is 46.9 Å². The van der Waals surface area contributed by atoms with Crippen LogP contribution in [0.3, 0.4) is 0 Å². The third-order valence-corrected chi connectivity index (χ3v) is 3.76. The largest absolute Gasteiger partial charge is 0.497 e. The molecule has 0 aromatic heterocycles. The number of hydrogen-bond acceptors (Lipinski definition) is 3. The van der Waals surface area contributed by atoms with Gasteiger partial charge in [-0.05, 0) is 30.3 Å². The topological polar surface area (TPSA) is 24.5 Å². The summed E-state index contributed by atoms with van der Waals surface area (Å²) < 4.78 is 6.39. The first kappa shape index (κ1) is 12.4. The van der Waals surface area contributed by atoms with Crippen molar-refractivity contribution in [3.05, 3.63) is 46.9 Å². The third-order valence-electron chi connectivity index (χ3n) is 3.27. The summed E-state index contributed by atoms with van der Waals surface area (Å²) in [6.07, 6.45) is 0. The Balaban J connectivity index is 2.03. The summed E-state index contributed by atoms with van der Waals surface area (Å²) in [7, 11) is 1.70. The highest BCUT2D eigenvalue weighted by Crippen LogP contribution is 2.37. The molecule has 1 aliphatic heterocycles. The quantitative estimate of drug-likeness (QED) is 0.905. The molecule has 0 radical (unpaired) electrons. The van der Waals surface area contributed by atoms with E-state index in [1.807, 2.05) is 12.1 Å². The monoisotopic (exact) mass is 318 g/mol. The molecule has 0 fully saturated rings. The zero-order valence-electron chi connectivity index (χ0n) is 10.7. The summed E-state index contributed by atoms with van der Waals surface area (Å²) in [5.74, 6) is 0.884. The van der Waals surface area contributed by atoms with E-state index in [4.69, 9.17) is 4.74 Å². The maximum Gasteiger partial charge on any atom is 0.120 e. The Hall–Kier alpha value is -1.68. The Morgan fingerprint density at radius 3 is 2.95 bits per heavy atom. The van der Waals surface area contributed by atoms with Gasteiger partial charge in [0.1, 0.15) is 5.75 Å². The van der Waals surface area contributed by atoms with Crippen molar-refractivity contribution in [2.45, 2.75) is 0 Å². The van der Waals surface area contributed by atoms with Gasteiger partial charge < -0.3 is 15.0 Å². The molecule has 0 aliphatic carbocycles. The number of nitrogens with one attached hydrogen (secondary N) is 1. The van der Waals surface area contributed by atoms with Crippen LogP contribution < -0.4 is 15.0 Å². The lowest BCUT2D eigenvalue weighted by Crippen LogP contribution is -2.30. The van der Waals surface area contributed by atoms with Crippen molar-refractivity contribution < 1.29 is 4.74 Å². The van der Waals surface area contributed by atoms with Crippen LogP contribution in [0.25, 0.3) is 0 Å². The van der Waals surface area contributed by atoms with Crippen LogP contribution in [-0.4, -0.2) is 20.2 Å². The van der Waals surface area contributed by atoms with Crippen LogP contribution in [0, 0.1) is 0 Å². The number of fused-ring (bicyclic) bond motifs is 1. The van der Waals surface area contributed by atoms with Gasteiger partial charge in [0.15, 0.2) is 0 Å². The Morgan fingerprint density at radius 2 is 2.11 bits per heavy atom. The summed E-state index contributed by atoms with van der Waals surface area (Å²) in [6.45, 7) is 1.88. The maximum atomic E-state index is 5.30. The van der Waals surface area contributed by atoms with E-state index in [1.54, 1.807) is 7.11 Å². The van der Waals surface area contributed by atoms with E-state index < -0.39 is 0 Å². The van der Waals surface area contributed by atoms with Crippen molar-refractivity contribution in [1.29, 1.82) is 0 Å². The van der Waals surface area contributed by atoms with Crippen LogP contribution in [0.4, 0.5) is 17.1 Å². The van der Waals surface area contributed by atoms with E-state index in [0.29, 0.717) is 0 Å². The molecule has 19 heavy (non-hydrogen) atoms. The average Bonchev–Trinajstić information content (AvgIpc) is 2.46. The van der Waals surface area contributed by atoms with Gasteiger partial charge in [-0.3, -0.25) is 0 Å². The van der Waals surface area contributed by atoms with Gasteiger partial charge in [0.2, 0.25) is 0 Å². The van der Waals surface area contributed by atoms with Gasteiger partial charge in [-0.2, -0.15) is 0 Å². The Labute approximate surface area is 121 Å². The molecule has 0 amide bonds. The number of benzene rings is 2. The summed E-state index contributed by atoms with van der Waals surface area (Å²) in [5, 5.41) is 3.43. The summed E-state index contributed by atoms with van der Waals surface area (Å²) in [5.41, 5.74) is 3.51. The predicted molar refractivity (Wildman–Crippen MR) is 82.6 cm³/mol. The minimum atomic E-state index is 0.884. The lowest BCUT2D eigenvalue weighted by molar-refractivity contribution is 0.415. The lowest BCUT2D eigenvalue weighted by Gasteiger charge is -2.32. The molecule has 0 spiro atoms. The van der Waals surface area contributed by atoms with E-state index in [-0.39, 0.29) is 0 Å². The first-order chi connectivity index (χ1) is 9.28. The number of halogens is 1. The predicted octanol–water partition coefficient (Wildman–Crippen LogP) is 4.02. The normalized spacial score (nSPS) is 13.7. The van der Waals surface area contributed by atoms with Gasteiger partial charge in [-0.15, -0.1) is 0 Å². The van der Waals surface area contributed by atoms with Gasteiger partial charge >= 0.3 is 0 Å². The molecular weight excluding hydrogens is 304 g/mol. The number of methoxy groups -OCH3 is 1. The first-order valence-electron chi connectivity index (χ1n) is 6.23. The molecular formula is C15H15BrN2O. The highest BCUT2D eigenvalue weighted by atomic mass is 79.9. The molecule has 3 nitrogen and oxygen atoms in total. The smallest absolute Gasteiger partial charge is 0.120 e. The molecule has 0 saturated heterocycles. The fourth-order valence-corrected chi connectivity index (χ4v) is 2.72. The molecule has 0 saturated carbocycles. The third kappa shape index (κ3) is 2.40. The standard InChI is InChI=1S/C15H15BrN2O/c1-19-13-4-2-3-12(10-13)18-8-7-17-14-9-11(16)5-6-15(14)18/h2-6,9-10,17H,7-8H2,1H3. The highest BCUT2D eigenvalue weighted by molar-refractivity contribution is 9.10. The van der Waals surface area contributed by atoms with Gasteiger partial charge in [0.25, 0.3) is 0 Å². The number of nitrogens with zero attached hydrogens (tertiary/aromatic N) is 1. The van der Waals surface area contributed by atoms with Crippen LogP contribution >= 0.6 is 15.9 Å². The molecule has 0 bridgehead atoms. The summed E-state index contributed by atoms with van der Waals surface area (Å²) >= 11 is 3.51. The average molecular weight is 319 g/mol. The lowest BCUT2D eigenvalue weighted by atomic mass is 10.1. The first-order valence-corrected chi connectivity index (χ1v) is 7.02. The highest BCUT2D eigenvalue weighted by Gasteiger charge is 2.18. The molecule has 0 unspecified atom stereocenters. The maximum absolute atomic E-state index is 5.30. The SMILES string of the molecule is COc1cccc(N2CCNc3cc(Br)ccc32)c1. The molecule has 3 rings (SSSR count). The van der Waals surface area contributed by atoms with Crippen molar-refractivity contribution >= 4 is 33.0 Å². The van der Waals surface area contributed by atoms with Crippen molar-refractivity contribution in [1.82, 2.24) is 0 Å².